The average molecular weight is 168 g/mol. The van der Waals surface area contributed by atoms with Gasteiger partial charge in [-0.05, 0) is 12.8 Å². The summed E-state index contributed by atoms with van der Waals surface area (Å²) in [4.78, 5) is 0. The summed E-state index contributed by atoms with van der Waals surface area (Å²) in [6.07, 6.45) is 12.7. The maximum absolute atomic E-state index is 5.57. The Morgan fingerprint density at radius 2 is 1.08 bits per heavy atom. The van der Waals surface area contributed by atoms with Gasteiger partial charge in [0.15, 0.2) is 0 Å². The minimum absolute atomic E-state index is 0.386. The van der Waals surface area contributed by atoms with Gasteiger partial charge in [0.1, 0.15) is 0 Å². The van der Waals surface area contributed by atoms with E-state index in [-0.39, 0.29) is 0 Å². The highest BCUT2D eigenvalue weighted by molar-refractivity contribution is 4.91. The van der Waals surface area contributed by atoms with Crippen LogP contribution in [0, 0.1) is 0 Å². The van der Waals surface area contributed by atoms with Gasteiger partial charge in [0.25, 0.3) is 0 Å². The summed E-state index contributed by atoms with van der Waals surface area (Å²) in [5, 5.41) is 0. The van der Waals surface area contributed by atoms with Crippen LogP contribution in [0.4, 0.5) is 0 Å². The molecule has 1 spiro atoms. The fourth-order valence-corrected chi connectivity index (χ4v) is 2.29. The second-order valence-electron chi connectivity index (χ2n) is 4.45. The van der Waals surface area contributed by atoms with E-state index in [0.29, 0.717) is 5.60 Å². The minimum Gasteiger partial charge on any atom is -0.370 e. The van der Waals surface area contributed by atoms with Crippen molar-refractivity contribution < 1.29 is 4.74 Å². The van der Waals surface area contributed by atoms with Crippen LogP contribution in [-0.4, -0.2) is 12.2 Å². The Labute approximate surface area is 75.5 Å². The van der Waals surface area contributed by atoms with E-state index in [9.17, 15) is 0 Å². The largest absolute Gasteiger partial charge is 0.370 e. The van der Waals surface area contributed by atoms with Gasteiger partial charge < -0.3 is 4.74 Å². The highest BCUT2D eigenvalue weighted by Crippen LogP contribution is 2.38. The van der Waals surface area contributed by atoms with Gasteiger partial charge in [0, 0.05) is 0 Å². The van der Waals surface area contributed by atoms with Gasteiger partial charge >= 0.3 is 0 Å². The lowest BCUT2D eigenvalue weighted by molar-refractivity contribution is 0.256. The maximum Gasteiger partial charge on any atom is 0.0916 e. The van der Waals surface area contributed by atoms with Crippen LogP contribution in [0.5, 0.6) is 0 Å². The van der Waals surface area contributed by atoms with E-state index in [4.69, 9.17) is 4.74 Å². The first-order valence-electron chi connectivity index (χ1n) is 5.55. The minimum atomic E-state index is 0.386. The van der Waals surface area contributed by atoms with E-state index in [1.165, 1.54) is 57.8 Å². The summed E-state index contributed by atoms with van der Waals surface area (Å²) in [6, 6.07) is 0. The average Bonchev–Trinajstić information content (AvgIpc) is 2.84. The SMILES string of the molecule is C1CCCCC2(CCCC1)CO2. The Morgan fingerprint density at radius 1 is 0.667 bits per heavy atom. The highest BCUT2D eigenvalue weighted by atomic mass is 16.6. The smallest absolute Gasteiger partial charge is 0.0916 e. The van der Waals surface area contributed by atoms with Crippen LogP contribution in [-0.2, 0) is 4.74 Å². The third-order valence-electron chi connectivity index (χ3n) is 3.32. The van der Waals surface area contributed by atoms with Gasteiger partial charge in [-0.2, -0.15) is 0 Å². The monoisotopic (exact) mass is 168 g/mol. The van der Waals surface area contributed by atoms with Crippen molar-refractivity contribution in [3.63, 3.8) is 0 Å². The van der Waals surface area contributed by atoms with E-state index >= 15 is 0 Å². The molecule has 0 unspecified atom stereocenters. The van der Waals surface area contributed by atoms with Crippen molar-refractivity contribution in [1.29, 1.82) is 0 Å². The molecule has 0 aromatic carbocycles. The number of epoxide rings is 1. The summed E-state index contributed by atoms with van der Waals surface area (Å²) in [7, 11) is 0. The Morgan fingerprint density at radius 3 is 1.50 bits per heavy atom. The zero-order chi connectivity index (χ0) is 8.28. The lowest BCUT2D eigenvalue weighted by Gasteiger charge is -2.13. The summed E-state index contributed by atoms with van der Waals surface area (Å²) in [6.45, 7) is 1.06. The number of ether oxygens (including phenoxy) is 1. The molecule has 1 aliphatic carbocycles. The lowest BCUT2D eigenvalue weighted by Crippen LogP contribution is -2.11. The molecule has 1 heteroatoms. The summed E-state index contributed by atoms with van der Waals surface area (Å²) in [5.41, 5.74) is 0.386. The van der Waals surface area contributed by atoms with Crippen molar-refractivity contribution in [2.45, 2.75) is 63.4 Å². The molecule has 0 bridgehead atoms. The molecule has 1 saturated carbocycles. The van der Waals surface area contributed by atoms with Gasteiger partial charge in [0.2, 0.25) is 0 Å². The predicted octanol–water partition coefficient (Wildman–Crippen LogP) is 3.28. The van der Waals surface area contributed by atoms with Crippen LogP contribution in [0.1, 0.15) is 57.8 Å². The highest BCUT2D eigenvalue weighted by Gasteiger charge is 2.42. The number of hydrogen-bond donors (Lipinski definition) is 0. The first-order chi connectivity index (χ1) is 5.91. The van der Waals surface area contributed by atoms with E-state index in [1.54, 1.807) is 0 Å². The Bertz CT molecular complexity index is 126. The zero-order valence-electron chi connectivity index (χ0n) is 7.98. The summed E-state index contributed by atoms with van der Waals surface area (Å²) in [5.74, 6) is 0. The molecule has 1 nitrogen and oxygen atoms in total. The third-order valence-corrected chi connectivity index (χ3v) is 3.32. The second-order valence-corrected chi connectivity index (χ2v) is 4.45. The molecule has 0 N–H and O–H groups in total. The standard InChI is InChI=1S/C11H20O/c1-2-4-6-8-11(10-12-11)9-7-5-3-1/h1-10H2. The van der Waals surface area contributed by atoms with Gasteiger partial charge in [0.05, 0.1) is 12.2 Å². The van der Waals surface area contributed by atoms with Gasteiger partial charge in [-0.1, -0.05) is 44.9 Å². The van der Waals surface area contributed by atoms with Crippen LogP contribution in [0.15, 0.2) is 0 Å². The fourth-order valence-electron chi connectivity index (χ4n) is 2.29. The van der Waals surface area contributed by atoms with Crippen molar-refractivity contribution in [3.8, 4) is 0 Å². The second kappa shape index (κ2) is 3.78. The topological polar surface area (TPSA) is 12.5 Å². The molecule has 1 saturated heterocycles. The third kappa shape index (κ3) is 2.22. The van der Waals surface area contributed by atoms with Crippen LogP contribution in [0.2, 0.25) is 0 Å². The summed E-state index contributed by atoms with van der Waals surface area (Å²) < 4.78 is 5.57. The van der Waals surface area contributed by atoms with Crippen LogP contribution >= 0.6 is 0 Å². The zero-order valence-corrected chi connectivity index (χ0v) is 7.98. The molecule has 0 aromatic rings. The summed E-state index contributed by atoms with van der Waals surface area (Å²) >= 11 is 0. The number of rotatable bonds is 0. The molecule has 12 heavy (non-hydrogen) atoms. The van der Waals surface area contributed by atoms with Crippen molar-refractivity contribution in [3.05, 3.63) is 0 Å². The first-order valence-corrected chi connectivity index (χ1v) is 5.55. The molecule has 1 heterocycles. The molecule has 0 atom stereocenters. The molecule has 1 aliphatic heterocycles. The normalized spacial score (nSPS) is 30.0. The fraction of sp³-hybridized carbons (Fsp3) is 1.00. The van der Waals surface area contributed by atoms with E-state index in [2.05, 4.69) is 0 Å². The van der Waals surface area contributed by atoms with Crippen molar-refractivity contribution in [1.82, 2.24) is 0 Å². The van der Waals surface area contributed by atoms with Crippen molar-refractivity contribution in [2.24, 2.45) is 0 Å². The van der Waals surface area contributed by atoms with Gasteiger partial charge in [-0.15, -0.1) is 0 Å². The predicted molar refractivity (Wildman–Crippen MR) is 50.2 cm³/mol. The first kappa shape index (κ1) is 8.55. The molecule has 70 valence electrons. The Hall–Kier alpha value is -0.0400. The van der Waals surface area contributed by atoms with Crippen LogP contribution < -0.4 is 0 Å². The van der Waals surface area contributed by atoms with Gasteiger partial charge in [-0.25, -0.2) is 0 Å². The quantitative estimate of drug-likeness (QED) is 0.506. The van der Waals surface area contributed by atoms with Crippen molar-refractivity contribution >= 4 is 0 Å². The maximum atomic E-state index is 5.57. The van der Waals surface area contributed by atoms with Crippen molar-refractivity contribution in [2.75, 3.05) is 6.61 Å². The molecule has 0 amide bonds. The molecule has 0 aromatic heterocycles. The number of hydrogen-bond acceptors (Lipinski definition) is 1. The molecular formula is C11H20O. The van der Waals surface area contributed by atoms with Gasteiger partial charge in [-0.3, -0.25) is 0 Å². The Balaban J connectivity index is 1.76. The van der Waals surface area contributed by atoms with E-state index in [0.717, 1.165) is 6.61 Å². The molecular weight excluding hydrogens is 148 g/mol. The van der Waals surface area contributed by atoms with E-state index in [1.807, 2.05) is 0 Å². The van der Waals surface area contributed by atoms with Crippen LogP contribution in [0.3, 0.4) is 0 Å². The molecule has 2 fully saturated rings. The van der Waals surface area contributed by atoms with E-state index < -0.39 is 0 Å². The van der Waals surface area contributed by atoms with Crippen LogP contribution in [0.25, 0.3) is 0 Å². The lowest BCUT2D eigenvalue weighted by atomic mass is 9.93. The molecule has 2 aliphatic rings. The molecule has 2 rings (SSSR count). The Kier molecular flexibility index (Phi) is 2.69. The molecule has 0 radical (unpaired) electrons.